The zero-order valence-electron chi connectivity index (χ0n) is 13.4. The van der Waals surface area contributed by atoms with Crippen molar-refractivity contribution in [3.8, 4) is 0 Å². The third-order valence-electron chi connectivity index (χ3n) is 3.37. The van der Waals surface area contributed by atoms with Gasteiger partial charge in [-0.25, -0.2) is 0 Å². The molecular weight excluding hydrogens is 266 g/mol. The van der Waals surface area contributed by atoms with Gasteiger partial charge < -0.3 is 16.0 Å². The zero-order valence-corrected chi connectivity index (χ0v) is 13.4. The number of carbonyl (C=O) groups excluding carboxylic acids is 2. The van der Waals surface area contributed by atoms with Crippen LogP contribution >= 0.6 is 0 Å². The van der Waals surface area contributed by atoms with E-state index in [0.717, 1.165) is 5.56 Å². The number of nitrogens with two attached hydrogens (primary N) is 1. The van der Waals surface area contributed by atoms with E-state index in [1.807, 2.05) is 45.0 Å². The Bertz CT molecular complexity index is 520. The molecule has 0 spiro atoms. The number of carbonyl (C=O) groups is 2. The molecule has 0 unspecified atom stereocenters. The van der Waals surface area contributed by atoms with Crippen molar-refractivity contribution in [1.29, 1.82) is 0 Å². The minimum Gasteiger partial charge on any atom is -0.342 e. The molecule has 21 heavy (non-hydrogen) atoms. The Morgan fingerprint density at radius 2 is 1.95 bits per heavy atom. The lowest BCUT2D eigenvalue weighted by Crippen LogP contribution is -2.45. The molecule has 0 aliphatic carbocycles. The minimum absolute atomic E-state index is 0.000747. The summed E-state index contributed by atoms with van der Waals surface area (Å²) < 4.78 is 0. The van der Waals surface area contributed by atoms with Gasteiger partial charge in [0.2, 0.25) is 11.8 Å². The van der Waals surface area contributed by atoms with Crippen molar-refractivity contribution in [1.82, 2.24) is 4.90 Å². The van der Waals surface area contributed by atoms with Crippen molar-refractivity contribution < 1.29 is 9.59 Å². The number of rotatable bonds is 4. The van der Waals surface area contributed by atoms with Crippen LogP contribution in [0.1, 0.15) is 33.3 Å². The van der Waals surface area contributed by atoms with Crippen LogP contribution in [0.5, 0.6) is 0 Å². The van der Waals surface area contributed by atoms with Crippen LogP contribution in [0.15, 0.2) is 24.3 Å². The number of nitrogens with zero attached hydrogens (tertiary/aromatic N) is 1. The Hall–Kier alpha value is -1.88. The maximum atomic E-state index is 12.1. The number of hydrogen-bond acceptors (Lipinski definition) is 3. The largest absolute Gasteiger partial charge is 0.342 e. The summed E-state index contributed by atoms with van der Waals surface area (Å²) in [7, 11) is 1.74. The van der Waals surface area contributed by atoms with E-state index < -0.39 is 6.04 Å². The van der Waals surface area contributed by atoms with Crippen LogP contribution in [0.4, 0.5) is 5.69 Å². The molecule has 0 fully saturated rings. The first-order valence-electron chi connectivity index (χ1n) is 6.98. The summed E-state index contributed by atoms with van der Waals surface area (Å²) in [6.07, 6.45) is 0. The number of nitrogens with one attached hydrogen (secondary N) is 1. The molecule has 0 aliphatic rings. The Morgan fingerprint density at radius 3 is 2.48 bits per heavy atom. The predicted molar refractivity (Wildman–Crippen MR) is 84.7 cm³/mol. The third kappa shape index (κ3) is 5.19. The van der Waals surface area contributed by atoms with Gasteiger partial charge in [-0.2, -0.15) is 0 Å². The summed E-state index contributed by atoms with van der Waals surface area (Å²) in [5, 5.41) is 2.82. The first kappa shape index (κ1) is 17.2. The quantitative estimate of drug-likeness (QED) is 0.890. The fourth-order valence-corrected chi connectivity index (χ4v) is 1.75. The van der Waals surface area contributed by atoms with Crippen molar-refractivity contribution >= 4 is 17.5 Å². The number of hydrogen-bond donors (Lipinski definition) is 2. The molecule has 0 saturated carbocycles. The van der Waals surface area contributed by atoms with Crippen LogP contribution < -0.4 is 11.1 Å². The topological polar surface area (TPSA) is 75.4 Å². The van der Waals surface area contributed by atoms with Gasteiger partial charge in [-0.05, 0) is 23.1 Å². The normalized spacial score (nSPS) is 12.7. The molecular formula is C16H25N3O2. The van der Waals surface area contributed by atoms with Gasteiger partial charge in [0.05, 0.1) is 6.04 Å². The van der Waals surface area contributed by atoms with Crippen molar-refractivity contribution in [3.63, 3.8) is 0 Å². The summed E-state index contributed by atoms with van der Waals surface area (Å²) in [5.41, 5.74) is 7.28. The Morgan fingerprint density at radius 1 is 1.33 bits per heavy atom. The fourth-order valence-electron chi connectivity index (χ4n) is 1.75. The van der Waals surface area contributed by atoms with Crippen LogP contribution in [0.3, 0.4) is 0 Å². The van der Waals surface area contributed by atoms with E-state index >= 15 is 0 Å². The first-order chi connectivity index (χ1) is 9.61. The number of anilines is 1. The van der Waals surface area contributed by atoms with Crippen LogP contribution in [0.25, 0.3) is 0 Å². The van der Waals surface area contributed by atoms with Gasteiger partial charge in [0.25, 0.3) is 0 Å². The van der Waals surface area contributed by atoms with Gasteiger partial charge in [-0.15, -0.1) is 0 Å². The molecule has 0 aromatic heterocycles. The zero-order chi connectivity index (χ0) is 16.2. The van der Waals surface area contributed by atoms with E-state index in [-0.39, 0.29) is 17.2 Å². The summed E-state index contributed by atoms with van der Waals surface area (Å²) in [6, 6.07) is 6.85. The van der Waals surface area contributed by atoms with Crippen molar-refractivity contribution in [2.45, 2.75) is 40.3 Å². The second-order valence-corrected chi connectivity index (χ2v) is 6.41. The summed E-state index contributed by atoms with van der Waals surface area (Å²) >= 11 is 0. The molecule has 0 saturated heterocycles. The highest BCUT2D eigenvalue weighted by molar-refractivity contribution is 5.95. The molecule has 2 amide bonds. The van der Waals surface area contributed by atoms with Crippen LogP contribution in [0, 0.1) is 5.41 Å². The molecule has 1 aromatic carbocycles. The maximum Gasteiger partial charge on any atom is 0.241 e. The van der Waals surface area contributed by atoms with Crippen LogP contribution in [0.2, 0.25) is 0 Å². The lowest BCUT2D eigenvalue weighted by atomic mass is 9.87. The number of benzene rings is 1. The monoisotopic (exact) mass is 291 g/mol. The Labute approximate surface area is 126 Å². The van der Waals surface area contributed by atoms with Crippen LogP contribution in [-0.2, 0) is 16.1 Å². The molecule has 3 N–H and O–H groups in total. The third-order valence-corrected chi connectivity index (χ3v) is 3.37. The first-order valence-corrected chi connectivity index (χ1v) is 6.98. The van der Waals surface area contributed by atoms with E-state index in [0.29, 0.717) is 12.2 Å². The standard InChI is InChI=1S/C16H25N3O2/c1-11(20)19(5)10-12-7-6-8-13(9-12)18-15(21)14(17)16(2,3)4/h6-9,14H,10,17H2,1-5H3,(H,18,21)/t14-/m1/s1. The maximum absolute atomic E-state index is 12.1. The average molecular weight is 291 g/mol. The smallest absolute Gasteiger partial charge is 0.241 e. The van der Waals surface area contributed by atoms with E-state index in [9.17, 15) is 9.59 Å². The van der Waals surface area contributed by atoms with E-state index in [4.69, 9.17) is 5.73 Å². The Balaban J connectivity index is 2.77. The van der Waals surface area contributed by atoms with Crippen molar-refractivity contribution in [2.24, 2.45) is 11.1 Å². The highest BCUT2D eigenvalue weighted by Crippen LogP contribution is 2.19. The van der Waals surface area contributed by atoms with Gasteiger partial charge in [-0.1, -0.05) is 32.9 Å². The summed E-state index contributed by atoms with van der Waals surface area (Å²) in [6.45, 7) is 7.80. The molecule has 0 heterocycles. The summed E-state index contributed by atoms with van der Waals surface area (Å²) in [5.74, 6) is -0.209. The lowest BCUT2D eigenvalue weighted by Gasteiger charge is -2.26. The molecule has 0 aliphatic heterocycles. The lowest BCUT2D eigenvalue weighted by molar-refractivity contribution is -0.128. The summed E-state index contributed by atoms with van der Waals surface area (Å²) in [4.78, 5) is 25.0. The van der Waals surface area contributed by atoms with Crippen molar-refractivity contribution in [2.75, 3.05) is 12.4 Å². The average Bonchev–Trinajstić information content (AvgIpc) is 2.36. The molecule has 5 nitrogen and oxygen atoms in total. The van der Waals surface area contributed by atoms with E-state index in [1.165, 1.54) is 6.92 Å². The second-order valence-electron chi connectivity index (χ2n) is 6.41. The minimum atomic E-state index is -0.582. The van der Waals surface area contributed by atoms with E-state index in [2.05, 4.69) is 5.32 Å². The molecule has 1 rings (SSSR count). The second kappa shape index (κ2) is 6.72. The van der Waals surface area contributed by atoms with Gasteiger partial charge in [0.15, 0.2) is 0 Å². The van der Waals surface area contributed by atoms with Gasteiger partial charge in [0.1, 0.15) is 0 Å². The highest BCUT2D eigenvalue weighted by atomic mass is 16.2. The van der Waals surface area contributed by atoms with Gasteiger partial charge in [0, 0.05) is 26.2 Å². The molecule has 1 aromatic rings. The molecule has 0 radical (unpaired) electrons. The molecule has 5 heteroatoms. The molecule has 116 valence electrons. The molecule has 0 bridgehead atoms. The fraction of sp³-hybridized carbons (Fsp3) is 0.500. The van der Waals surface area contributed by atoms with Gasteiger partial charge >= 0.3 is 0 Å². The SMILES string of the molecule is CC(=O)N(C)Cc1cccc(NC(=O)[C@@H](N)C(C)(C)C)c1. The Kier molecular flexibility index (Phi) is 5.49. The van der Waals surface area contributed by atoms with E-state index in [1.54, 1.807) is 11.9 Å². The predicted octanol–water partition coefficient (Wildman–Crippen LogP) is 1.98. The van der Waals surface area contributed by atoms with Crippen molar-refractivity contribution in [3.05, 3.63) is 29.8 Å². The molecule has 1 atom stereocenters. The highest BCUT2D eigenvalue weighted by Gasteiger charge is 2.27. The van der Waals surface area contributed by atoms with Crippen LogP contribution in [-0.4, -0.2) is 29.8 Å². The number of amides is 2. The van der Waals surface area contributed by atoms with Gasteiger partial charge in [-0.3, -0.25) is 9.59 Å².